The first-order valence-corrected chi connectivity index (χ1v) is 10.0. The van der Waals surface area contributed by atoms with Crippen LogP contribution < -0.4 is 5.32 Å². The maximum Gasteiger partial charge on any atom is 0.242 e. The van der Waals surface area contributed by atoms with Crippen LogP contribution in [-0.4, -0.2) is 28.8 Å². The average Bonchev–Trinajstić information content (AvgIpc) is 2.63. The minimum Gasteiger partial charge on any atom is -0.352 e. The fourth-order valence-electron chi connectivity index (χ4n) is 2.88. The molecule has 6 heteroatoms. The molecule has 4 nitrogen and oxygen atoms in total. The zero-order valence-electron chi connectivity index (χ0n) is 16.6. The van der Waals surface area contributed by atoms with Gasteiger partial charge in [0.25, 0.3) is 0 Å². The van der Waals surface area contributed by atoms with Crippen LogP contribution in [0.25, 0.3) is 0 Å². The Bertz CT molecular complexity index is 852. The lowest BCUT2D eigenvalue weighted by Gasteiger charge is -2.30. The lowest BCUT2D eigenvalue weighted by Crippen LogP contribution is -2.49. The number of benzene rings is 2. The molecule has 0 aliphatic heterocycles. The summed E-state index contributed by atoms with van der Waals surface area (Å²) in [4.78, 5) is 27.3. The maximum atomic E-state index is 13.1. The number of carbonyl (C=O) groups is 2. The van der Waals surface area contributed by atoms with Gasteiger partial charge in [0, 0.05) is 12.6 Å². The summed E-state index contributed by atoms with van der Waals surface area (Å²) in [5, 5.41) is 3.74. The number of aryl methyl sites for hydroxylation is 1. The van der Waals surface area contributed by atoms with Crippen LogP contribution in [0.1, 0.15) is 37.5 Å². The summed E-state index contributed by atoms with van der Waals surface area (Å²) in [7, 11) is 0. The molecule has 1 unspecified atom stereocenters. The van der Waals surface area contributed by atoms with Crippen LogP contribution in [0.5, 0.6) is 0 Å². The van der Waals surface area contributed by atoms with E-state index in [0.29, 0.717) is 16.6 Å². The first-order chi connectivity index (χ1) is 13.2. The quantitative estimate of drug-likeness (QED) is 0.699. The lowest BCUT2D eigenvalue weighted by atomic mass is 10.1. The van der Waals surface area contributed by atoms with E-state index in [9.17, 15) is 9.59 Å². The van der Waals surface area contributed by atoms with Gasteiger partial charge in [-0.15, -0.1) is 0 Å². The second kappa shape index (κ2) is 9.94. The molecule has 0 radical (unpaired) electrons. The second-order valence-corrected chi connectivity index (χ2v) is 8.03. The SMILES string of the molecule is Cc1ccccc1CN(C(=O)Cc1ccc(Cl)c(Cl)c1)C(C)C(=O)NC(C)C. The fraction of sp³-hybridized carbons (Fsp3) is 0.364. The van der Waals surface area contributed by atoms with E-state index < -0.39 is 6.04 Å². The molecule has 0 spiro atoms. The minimum atomic E-state index is -0.600. The molecule has 0 aromatic heterocycles. The molecule has 2 amide bonds. The van der Waals surface area contributed by atoms with Gasteiger partial charge in [0.2, 0.25) is 11.8 Å². The van der Waals surface area contributed by atoms with E-state index in [2.05, 4.69) is 5.32 Å². The summed E-state index contributed by atoms with van der Waals surface area (Å²) >= 11 is 12.0. The first-order valence-electron chi connectivity index (χ1n) is 9.27. The van der Waals surface area contributed by atoms with E-state index in [4.69, 9.17) is 23.2 Å². The molecule has 0 saturated heterocycles. The van der Waals surface area contributed by atoms with Crippen LogP contribution in [0.2, 0.25) is 10.0 Å². The van der Waals surface area contributed by atoms with Gasteiger partial charge < -0.3 is 10.2 Å². The number of nitrogens with one attached hydrogen (secondary N) is 1. The predicted molar refractivity (Wildman–Crippen MR) is 115 cm³/mol. The highest BCUT2D eigenvalue weighted by molar-refractivity contribution is 6.42. The van der Waals surface area contributed by atoms with Gasteiger partial charge in [0.15, 0.2) is 0 Å². The molecular formula is C22H26Cl2N2O2. The summed E-state index contributed by atoms with van der Waals surface area (Å²) < 4.78 is 0. The fourth-order valence-corrected chi connectivity index (χ4v) is 3.21. The molecular weight excluding hydrogens is 395 g/mol. The highest BCUT2D eigenvalue weighted by Crippen LogP contribution is 2.23. The van der Waals surface area contributed by atoms with Gasteiger partial charge in [0.1, 0.15) is 6.04 Å². The van der Waals surface area contributed by atoms with Crippen LogP contribution in [-0.2, 0) is 22.6 Å². The summed E-state index contributed by atoms with van der Waals surface area (Å²) in [6.45, 7) is 7.90. The monoisotopic (exact) mass is 420 g/mol. The predicted octanol–water partition coefficient (Wildman–Crippen LogP) is 4.79. The third kappa shape index (κ3) is 5.98. The number of rotatable bonds is 7. The van der Waals surface area contributed by atoms with Crippen molar-refractivity contribution in [3.05, 3.63) is 69.2 Å². The number of nitrogens with zero attached hydrogens (tertiary/aromatic N) is 1. The number of hydrogen-bond acceptors (Lipinski definition) is 2. The van der Waals surface area contributed by atoms with Gasteiger partial charge in [-0.3, -0.25) is 9.59 Å². The molecule has 2 rings (SSSR count). The molecule has 1 N–H and O–H groups in total. The van der Waals surface area contributed by atoms with E-state index >= 15 is 0 Å². The van der Waals surface area contributed by atoms with Crippen molar-refractivity contribution in [1.29, 1.82) is 0 Å². The second-order valence-electron chi connectivity index (χ2n) is 7.21. The molecule has 0 fully saturated rings. The van der Waals surface area contributed by atoms with Crippen molar-refractivity contribution in [1.82, 2.24) is 10.2 Å². The third-order valence-corrected chi connectivity index (χ3v) is 5.28. The molecule has 2 aromatic rings. The molecule has 0 aliphatic rings. The van der Waals surface area contributed by atoms with E-state index in [1.165, 1.54) is 0 Å². The summed E-state index contributed by atoms with van der Waals surface area (Å²) in [6, 6.07) is 12.4. The Labute approximate surface area is 176 Å². The van der Waals surface area contributed by atoms with Crippen molar-refractivity contribution in [2.24, 2.45) is 0 Å². The number of halogens is 2. The van der Waals surface area contributed by atoms with Gasteiger partial charge >= 0.3 is 0 Å². The van der Waals surface area contributed by atoms with E-state index in [-0.39, 0.29) is 24.3 Å². The van der Waals surface area contributed by atoms with Gasteiger partial charge in [0.05, 0.1) is 16.5 Å². The molecule has 28 heavy (non-hydrogen) atoms. The Morgan fingerprint density at radius 3 is 2.32 bits per heavy atom. The first kappa shape index (κ1) is 22.3. The Morgan fingerprint density at radius 1 is 1.04 bits per heavy atom. The van der Waals surface area contributed by atoms with Crippen LogP contribution >= 0.6 is 23.2 Å². The number of carbonyl (C=O) groups excluding carboxylic acids is 2. The Kier molecular flexibility index (Phi) is 7.90. The van der Waals surface area contributed by atoms with E-state index in [1.54, 1.807) is 30.0 Å². The van der Waals surface area contributed by atoms with Gasteiger partial charge in [-0.05, 0) is 56.5 Å². The van der Waals surface area contributed by atoms with Crippen molar-refractivity contribution in [3.63, 3.8) is 0 Å². The Morgan fingerprint density at radius 2 is 1.71 bits per heavy atom. The van der Waals surface area contributed by atoms with Gasteiger partial charge in [-0.1, -0.05) is 53.5 Å². The molecule has 0 heterocycles. The van der Waals surface area contributed by atoms with Crippen molar-refractivity contribution in [2.45, 2.75) is 52.7 Å². The number of hydrogen-bond donors (Lipinski definition) is 1. The van der Waals surface area contributed by atoms with Crippen LogP contribution in [0.3, 0.4) is 0 Å². The molecule has 1 atom stereocenters. The van der Waals surface area contributed by atoms with E-state index in [1.807, 2.05) is 45.0 Å². The molecule has 0 aliphatic carbocycles. The zero-order valence-corrected chi connectivity index (χ0v) is 18.1. The van der Waals surface area contributed by atoms with Gasteiger partial charge in [-0.2, -0.15) is 0 Å². The molecule has 150 valence electrons. The smallest absolute Gasteiger partial charge is 0.242 e. The van der Waals surface area contributed by atoms with Crippen molar-refractivity contribution in [2.75, 3.05) is 0 Å². The van der Waals surface area contributed by atoms with E-state index in [0.717, 1.165) is 16.7 Å². The molecule has 0 bridgehead atoms. The highest BCUT2D eigenvalue weighted by atomic mass is 35.5. The molecule has 0 saturated carbocycles. The summed E-state index contributed by atoms with van der Waals surface area (Å²) in [6.07, 6.45) is 0.141. The average molecular weight is 421 g/mol. The summed E-state index contributed by atoms with van der Waals surface area (Å²) in [5.41, 5.74) is 2.84. The molecule has 2 aromatic carbocycles. The van der Waals surface area contributed by atoms with Crippen LogP contribution in [0.15, 0.2) is 42.5 Å². The third-order valence-electron chi connectivity index (χ3n) is 4.54. The van der Waals surface area contributed by atoms with Crippen molar-refractivity contribution in [3.8, 4) is 0 Å². The highest BCUT2D eigenvalue weighted by Gasteiger charge is 2.27. The minimum absolute atomic E-state index is 0.000403. The summed E-state index contributed by atoms with van der Waals surface area (Å²) in [5.74, 6) is -0.320. The van der Waals surface area contributed by atoms with Crippen molar-refractivity contribution < 1.29 is 9.59 Å². The van der Waals surface area contributed by atoms with Crippen molar-refractivity contribution >= 4 is 35.0 Å². The normalized spacial score (nSPS) is 12.0. The van der Waals surface area contributed by atoms with Crippen LogP contribution in [0, 0.1) is 6.92 Å². The van der Waals surface area contributed by atoms with Gasteiger partial charge in [-0.25, -0.2) is 0 Å². The Hall–Kier alpha value is -2.04. The Balaban J connectivity index is 2.27. The standard InChI is InChI=1S/C22H26Cl2N2O2/c1-14(2)25-22(28)16(4)26(13-18-8-6-5-7-15(18)3)21(27)12-17-9-10-19(23)20(24)11-17/h5-11,14,16H,12-13H2,1-4H3,(H,25,28). The zero-order chi connectivity index (χ0) is 20.8. The lowest BCUT2D eigenvalue weighted by molar-refractivity contribution is -0.140. The topological polar surface area (TPSA) is 49.4 Å². The maximum absolute atomic E-state index is 13.1. The number of amides is 2. The largest absolute Gasteiger partial charge is 0.352 e. The van der Waals surface area contributed by atoms with Crippen LogP contribution in [0.4, 0.5) is 0 Å².